The van der Waals surface area contributed by atoms with Crippen LogP contribution in [0.3, 0.4) is 0 Å². The van der Waals surface area contributed by atoms with E-state index in [2.05, 4.69) is 99.4 Å². The average Bonchev–Trinajstić information content (AvgIpc) is 2.62. The van der Waals surface area contributed by atoms with Gasteiger partial charge in [0.25, 0.3) is 0 Å². The van der Waals surface area contributed by atoms with Crippen molar-refractivity contribution in [3.63, 3.8) is 0 Å². The quantitative estimate of drug-likeness (QED) is 0.495. The highest BCUT2D eigenvalue weighted by Crippen LogP contribution is 2.29. The van der Waals surface area contributed by atoms with Crippen LogP contribution in [-0.4, -0.2) is 7.05 Å². The van der Waals surface area contributed by atoms with Crippen molar-refractivity contribution in [2.75, 3.05) is 11.9 Å². The van der Waals surface area contributed by atoms with E-state index in [4.69, 9.17) is 0 Å². The molecule has 0 heterocycles. The Bertz CT molecular complexity index is 779. The largest absolute Gasteiger partial charge is 0.345 e. The summed E-state index contributed by atoms with van der Waals surface area (Å²) in [5, 5.41) is 2.56. The Labute approximate surface area is 146 Å². The van der Waals surface area contributed by atoms with Gasteiger partial charge in [0.1, 0.15) is 0 Å². The molecule has 0 N–H and O–H groups in total. The highest BCUT2D eigenvalue weighted by Gasteiger charge is 2.13. The van der Waals surface area contributed by atoms with E-state index < -0.39 is 0 Å². The van der Waals surface area contributed by atoms with Crippen molar-refractivity contribution in [2.45, 2.75) is 40.0 Å². The van der Waals surface area contributed by atoms with E-state index in [0.29, 0.717) is 0 Å². The van der Waals surface area contributed by atoms with Crippen molar-refractivity contribution in [2.24, 2.45) is 0 Å². The zero-order valence-corrected chi connectivity index (χ0v) is 15.8. The molecule has 0 bridgehead atoms. The maximum atomic E-state index is 2.25. The van der Waals surface area contributed by atoms with Gasteiger partial charge in [-0.25, -0.2) is 0 Å². The second-order valence-corrected chi connectivity index (χ2v) is 6.89. The number of anilines is 2. The molecular weight excluding hydrogens is 290 g/mol. The minimum atomic E-state index is 0.194. The van der Waals surface area contributed by atoms with Crippen LogP contribution in [0.5, 0.6) is 0 Å². The maximum Gasteiger partial charge on any atom is 0.0414 e. The highest BCUT2D eigenvalue weighted by molar-refractivity contribution is 5.86. The molecule has 3 rings (SSSR count). The minimum Gasteiger partial charge on any atom is -0.345 e. The molecule has 0 fully saturated rings. The number of hydrogen-bond donors (Lipinski definition) is 0. The summed E-state index contributed by atoms with van der Waals surface area (Å²) in [6.07, 6.45) is 0. The molecule has 0 spiro atoms. The lowest BCUT2D eigenvalue weighted by Crippen LogP contribution is -2.12. The van der Waals surface area contributed by atoms with Crippen LogP contribution < -0.4 is 4.90 Å². The van der Waals surface area contributed by atoms with Crippen molar-refractivity contribution in [3.8, 4) is 0 Å². The van der Waals surface area contributed by atoms with Crippen LogP contribution in [0.2, 0.25) is 0 Å². The molecule has 0 aliphatic rings. The second-order valence-electron chi connectivity index (χ2n) is 6.89. The molecule has 0 saturated carbocycles. The molecule has 0 aromatic heterocycles. The monoisotopic (exact) mass is 319 g/mol. The van der Waals surface area contributed by atoms with Gasteiger partial charge in [0, 0.05) is 18.4 Å². The van der Waals surface area contributed by atoms with Crippen molar-refractivity contribution < 1.29 is 0 Å². The van der Waals surface area contributed by atoms with Crippen LogP contribution in [0.25, 0.3) is 10.8 Å². The van der Waals surface area contributed by atoms with Gasteiger partial charge in [-0.05, 0) is 46.0 Å². The third-order valence-corrected chi connectivity index (χ3v) is 4.24. The lowest BCUT2D eigenvalue weighted by molar-refractivity contribution is 0.590. The van der Waals surface area contributed by atoms with Crippen LogP contribution in [-0.2, 0) is 5.41 Å². The fraction of sp³-hybridized carbons (Fsp3) is 0.304. The molecular formula is C23H29N. The summed E-state index contributed by atoms with van der Waals surface area (Å²) in [5.41, 5.74) is 3.98. The Morgan fingerprint density at radius 2 is 1.21 bits per heavy atom. The Morgan fingerprint density at radius 1 is 0.667 bits per heavy atom. The van der Waals surface area contributed by atoms with Gasteiger partial charge < -0.3 is 4.90 Å². The zero-order chi connectivity index (χ0) is 17.7. The van der Waals surface area contributed by atoms with E-state index in [1.165, 1.54) is 27.7 Å². The Kier molecular flexibility index (Phi) is 5.66. The van der Waals surface area contributed by atoms with Gasteiger partial charge in [-0.15, -0.1) is 0 Å². The first kappa shape index (κ1) is 18.1. The van der Waals surface area contributed by atoms with Gasteiger partial charge in [-0.2, -0.15) is 0 Å². The molecule has 0 unspecified atom stereocenters. The summed E-state index contributed by atoms with van der Waals surface area (Å²) in [6.45, 7) is 10.7. The minimum absolute atomic E-state index is 0.194. The highest BCUT2D eigenvalue weighted by atomic mass is 15.1. The lowest BCUT2D eigenvalue weighted by Gasteiger charge is -2.23. The fourth-order valence-electron chi connectivity index (χ4n) is 2.72. The molecule has 126 valence electrons. The van der Waals surface area contributed by atoms with Crippen molar-refractivity contribution >= 4 is 22.1 Å². The van der Waals surface area contributed by atoms with E-state index in [1.54, 1.807) is 0 Å². The van der Waals surface area contributed by atoms with E-state index in [9.17, 15) is 0 Å². The third kappa shape index (κ3) is 3.97. The SMILES string of the molecule is CC.CN(c1ccc(C(C)(C)C)cc1)c1ccc2ccccc2c1. The summed E-state index contributed by atoms with van der Waals surface area (Å²) in [6, 6.07) is 24.0. The first-order valence-corrected chi connectivity index (χ1v) is 8.78. The molecule has 0 saturated heterocycles. The molecule has 3 aromatic carbocycles. The zero-order valence-electron chi connectivity index (χ0n) is 15.8. The van der Waals surface area contributed by atoms with Crippen LogP contribution in [0.15, 0.2) is 66.7 Å². The van der Waals surface area contributed by atoms with Gasteiger partial charge in [0.15, 0.2) is 0 Å². The average molecular weight is 319 g/mol. The summed E-state index contributed by atoms with van der Waals surface area (Å²) in [4.78, 5) is 2.24. The third-order valence-electron chi connectivity index (χ3n) is 4.24. The van der Waals surface area contributed by atoms with Gasteiger partial charge in [-0.1, -0.05) is 77.1 Å². The fourth-order valence-corrected chi connectivity index (χ4v) is 2.72. The second kappa shape index (κ2) is 7.53. The van der Waals surface area contributed by atoms with Gasteiger partial charge >= 0.3 is 0 Å². The number of nitrogens with zero attached hydrogens (tertiary/aromatic N) is 1. The molecule has 1 nitrogen and oxygen atoms in total. The molecule has 1 heteroatoms. The number of fused-ring (bicyclic) bond motifs is 1. The summed E-state index contributed by atoms with van der Waals surface area (Å²) in [5.74, 6) is 0. The van der Waals surface area contributed by atoms with E-state index in [1.807, 2.05) is 13.8 Å². The summed E-state index contributed by atoms with van der Waals surface area (Å²) >= 11 is 0. The first-order valence-electron chi connectivity index (χ1n) is 8.78. The Balaban J connectivity index is 0.00000100. The van der Waals surface area contributed by atoms with Gasteiger partial charge in [0.2, 0.25) is 0 Å². The van der Waals surface area contributed by atoms with Gasteiger partial charge in [0.05, 0.1) is 0 Å². The summed E-state index contributed by atoms with van der Waals surface area (Å²) < 4.78 is 0. The van der Waals surface area contributed by atoms with Crippen molar-refractivity contribution in [1.82, 2.24) is 0 Å². The van der Waals surface area contributed by atoms with Crippen LogP contribution in [0.4, 0.5) is 11.4 Å². The van der Waals surface area contributed by atoms with Crippen molar-refractivity contribution in [1.29, 1.82) is 0 Å². The van der Waals surface area contributed by atoms with Crippen LogP contribution in [0, 0.1) is 0 Å². The number of rotatable bonds is 2. The molecule has 0 radical (unpaired) electrons. The smallest absolute Gasteiger partial charge is 0.0414 e. The predicted octanol–water partition coefficient (Wildman–Crippen LogP) is 6.93. The lowest BCUT2D eigenvalue weighted by atomic mass is 9.87. The predicted molar refractivity (Wildman–Crippen MR) is 109 cm³/mol. The van der Waals surface area contributed by atoms with Crippen molar-refractivity contribution in [3.05, 3.63) is 72.3 Å². The van der Waals surface area contributed by atoms with Gasteiger partial charge in [-0.3, -0.25) is 0 Å². The molecule has 0 aliphatic heterocycles. The molecule has 0 atom stereocenters. The van der Waals surface area contributed by atoms with E-state index >= 15 is 0 Å². The molecule has 0 amide bonds. The Hall–Kier alpha value is -2.28. The number of hydrogen-bond acceptors (Lipinski definition) is 1. The summed E-state index contributed by atoms with van der Waals surface area (Å²) in [7, 11) is 2.12. The topological polar surface area (TPSA) is 3.24 Å². The standard InChI is InChI=1S/C21H23N.C2H6/c1-21(2,3)18-10-13-19(14-11-18)22(4)20-12-9-16-7-5-6-8-17(16)15-20;1-2/h5-15H,1-4H3;1-2H3. The normalized spacial score (nSPS) is 10.9. The van der Waals surface area contributed by atoms with Crippen LogP contribution >= 0.6 is 0 Å². The van der Waals surface area contributed by atoms with E-state index in [0.717, 1.165) is 0 Å². The van der Waals surface area contributed by atoms with Crippen LogP contribution in [0.1, 0.15) is 40.2 Å². The number of benzene rings is 3. The molecule has 0 aliphatic carbocycles. The maximum absolute atomic E-state index is 2.25. The molecule has 3 aromatic rings. The van der Waals surface area contributed by atoms with E-state index in [-0.39, 0.29) is 5.41 Å². The molecule has 24 heavy (non-hydrogen) atoms. The first-order chi connectivity index (χ1) is 11.4. The Morgan fingerprint density at radius 3 is 1.79 bits per heavy atom.